The van der Waals surface area contributed by atoms with Crippen LogP contribution < -0.4 is 5.32 Å². The number of carbonyl (C=O) groups excluding carboxylic acids is 1. The molecule has 0 aliphatic rings. The van der Waals surface area contributed by atoms with Crippen molar-refractivity contribution >= 4 is 15.9 Å². The van der Waals surface area contributed by atoms with Crippen molar-refractivity contribution in [3.05, 3.63) is 65.2 Å². The van der Waals surface area contributed by atoms with Crippen LogP contribution in [0.5, 0.6) is 0 Å². The minimum absolute atomic E-state index is 0.118. The van der Waals surface area contributed by atoms with E-state index >= 15 is 0 Å². The van der Waals surface area contributed by atoms with Crippen LogP contribution in [0.3, 0.4) is 0 Å². The quantitative estimate of drug-likeness (QED) is 0.659. The maximum Gasteiger partial charge on any atom is 0.251 e. The van der Waals surface area contributed by atoms with Gasteiger partial charge in [0, 0.05) is 18.7 Å². The first kappa shape index (κ1) is 23.1. The highest BCUT2D eigenvalue weighted by molar-refractivity contribution is 7.89. The van der Waals surface area contributed by atoms with Gasteiger partial charge in [-0.2, -0.15) is 4.31 Å². The van der Waals surface area contributed by atoms with Crippen molar-refractivity contribution < 1.29 is 13.2 Å². The summed E-state index contributed by atoms with van der Waals surface area (Å²) < 4.78 is 26.6. The zero-order valence-electron chi connectivity index (χ0n) is 18.0. The zero-order chi connectivity index (χ0) is 21.6. The molecule has 0 saturated heterocycles. The summed E-state index contributed by atoms with van der Waals surface area (Å²) in [5.41, 5.74) is 2.76. The molecule has 0 bridgehead atoms. The van der Waals surface area contributed by atoms with Crippen LogP contribution in [-0.2, 0) is 16.4 Å². The Kier molecular flexibility index (Phi) is 7.99. The Bertz CT molecular complexity index is 900. The van der Waals surface area contributed by atoms with Crippen LogP contribution in [0, 0.1) is 5.92 Å². The third kappa shape index (κ3) is 5.46. The molecule has 158 valence electrons. The Morgan fingerprint density at radius 1 is 0.931 bits per heavy atom. The number of hydrogen-bond donors (Lipinski definition) is 1. The van der Waals surface area contributed by atoms with Crippen molar-refractivity contribution in [2.75, 3.05) is 13.1 Å². The highest BCUT2D eigenvalue weighted by Gasteiger charge is 2.23. The molecule has 0 aliphatic heterocycles. The van der Waals surface area contributed by atoms with E-state index in [4.69, 9.17) is 0 Å². The van der Waals surface area contributed by atoms with Gasteiger partial charge in [-0.25, -0.2) is 8.42 Å². The van der Waals surface area contributed by atoms with Gasteiger partial charge in [-0.3, -0.25) is 4.79 Å². The molecule has 1 atom stereocenters. The van der Waals surface area contributed by atoms with E-state index in [1.165, 1.54) is 22.0 Å². The summed E-state index contributed by atoms with van der Waals surface area (Å²) in [5.74, 6) is 0.00352. The van der Waals surface area contributed by atoms with E-state index in [2.05, 4.69) is 50.4 Å². The third-order valence-corrected chi connectivity index (χ3v) is 7.22. The molecular weight excluding hydrogens is 384 g/mol. The van der Waals surface area contributed by atoms with E-state index in [1.807, 2.05) is 13.8 Å². The number of rotatable bonds is 9. The SMILES string of the molecule is CCc1ccc(C(NC(=O)c2ccc(S(=O)(=O)N(CC)CC)cc2)C(C)C)cc1. The number of sulfonamides is 1. The summed E-state index contributed by atoms with van der Waals surface area (Å²) in [5, 5.41) is 3.09. The molecule has 6 heteroatoms. The second-order valence-corrected chi connectivity index (χ2v) is 9.34. The molecular formula is C23H32N2O3S. The molecule has 0 heterocycles. The Balaban J connectivity index is 2.20. The van der Waals surface area contributed by atoms with E-state index in [1.54, 1.807) is 12.1 Å². The van der Waals surface area contributed by atoms with Crippen LogP contribution in [0.15, 0.2) is 53.4 Å². The molecule has 29 heavy (non-hydrogen) atoms. The van der Waals surface area contributed by atoms with Crippen molar-refractivity contribution in [1.82, 2.24) is 9.62 Å². The highest BCUT2D eigenvalue weighted by Crippen LogP contribution is 2.23. The third-order valence-electron chi connectivity index (χ3n) is 5.16. The molecule has 0 spiro atoms. The molecule has 0 aliphatic carbocycles. The first-order valence-corrected chi connectivity index (χ1v) is 11.7. The second-order valence-electron chi connectivity index (χ2n) is 7.40. The summed E-state index contributed by atoms with van der Waals surface area (Å²) in [6.45, 7) is 10.7. The van der Waals surface area contributed by atoms with Gasteiger partial charge in [-0.15, -0.1) is 0 Å². The minimum Gasteiger partial charge on any atom is -0.345 e. The number of benzene rings is 2. The van der Waals surface area contributed by atoms with Gasteiger partial charge in [0.15, 0.2) is 0 Å². The van der Waals surface area contributed by atoms with Gasteiger partial charge in [0.25, 0.3) is 5.91 Å². The van der Waals surface area contributed by atoms with Gasteiger partial charge in [0.2, 0.25) is 10.0 Å². The van der Waals surface area contributed by atoms with Gasteiger partial charge < -0.3 is 5.32 Å². The number of nitrogens with one attached hydrogen (secondary N) is 1. The average Bonchev–Trinajstić information content (AvgIpc) is 2.72. The molecule has 2 aromatic rings. The van der Waals surface area contributed by atoms with E-state index in [0.717, 1.165) is 12.0 Å². The second kappa shape index (κ2) is 10.0. The van der Waals surface area contributed by atoms with E-state index in [0.29, 0.717) is 18.7 Å². The van der Waals surface area contributed by atoms with Crippen LogP contribution >= 0.6 is 0 Å². The van der Waals surface area contributed by atoms with Crippen LogP contribution in [0.2, 0.25) is 0 Å². The molecule has 1 unspecified atom stereocenters. The van der Waals surface area contributed by atoms with Crippen molar-refractivity contribution in [2.45, 2.75) is 52.0 Å². The lowest BCUT2D eigenvalue weighted by molar-refractivity contribution is 0.0925. The van der Waals surface area contributed by atoms with Crippen molar-refractivity contribution in [2.24, 2.45) is 5.92 Å². The lowest BCUT2D eigenvalue weighted by Gasteiger charge is -2.23. The van der Waals surface area contributed by atoms with E-state index < -0.39 is 10.0 Å². The van der Waals surface area contributed by atoms with Gasteiger partial charge in [-0.05, 0) is 47.7 Å². The molecule has 1 amide bonds. The van der Waals surface area contributed by atoms with Crippen LogP contribution in [0.4, 0.5) is 0 Å². The molecule has 2 aromatic carbocycles. The molecule has 2 rings (SSSR count). The normalized spacial score (nSPS) is 12.9. The summed E-state index contributed by atoms with van der Waals surface area (Å²) >= 11 is 0. The lowest BCUT2D eigenvalue weighted by Crippen LogP contribution is -2.32. The van der Waals surface area contributed by atoms with E-state index in [9.17, 15) is 13.2 Å². The average molecular weight is 417 g/mol. The van der Waals surface area contributed by atoms with Crippen LogP contribution in [0.1, 0.15) is 62.1 Å². The largest absolute Gasteiger partial charge is 0.345 e. The Morgan fingerprint density at radius 3 is 1.93 bits per heavy atom. The number of aryl methyl sites for hydroxylation is 1. The first-order valence-electron chi connectivity index (χ1n) is 10.2. The fourth-order valence-corrected chi connectivity index (χ4v) is 4.77. The molecule has 0 saturated carbocycles. The van der Waals surface area contributed by atoms with Gasteiger partial charge in [-0.1, -0.05) is 58.9 Å². The molecule has 0 aromatic heterocycles. The Labute approximate surface area is 175 Å². The van der Waals surface area contributed by atoms with Crippen molar-refractivity contribution in [3.63, 3.8) is 0 Å². The minimum atomic E-state index is -3.53. The maximum atomic E-state index is 12.8. The van der Waals surface area contributed by atoms with Crippen LogP contribution in [0.25, 0.3) is 0 Å². The summed E-state index contributed by atoms with van der Waals surface area (Å²) in [4.78, 5) is 13.0. The standard InChI is InChI=1S/C23H32N2O3S/c1-6-18-9-11-19(12-10-18)22(17(4)5)24-23(26)20-13-15-21(16-14-20)29(27,28)25(7-2)8-3/h9-17,22H,6-8H2,1-5H3,(H,24,26). The molecule has 5 nitrogen and oxygen atoms in total. The lowest BCUT2D eigenvalue weighted by atomic mass is 9.94. The zero-order valence-corrected chi connectivity index (χ0v) is 18.8. The maximum absolute atomic E-state index is 12.8. The molecule has 0 radical (unpaired) electrons. The summed E-state index contributed by atoms with van der Waals surface area (Å²) in [6.07, 6.45) is 0.974. The number of hydrogen-bond acceptors (Lipinski definition) is 3. The smallest absolute Gasteiger partial charge is 0.251 e. The highest BCUT2D eigenvalue weighted by atomic mass is 32.2. The van der Waals surface area contributed by atoms with E-state index in [-0.39, 0.29) is 22.8 Å². The Hall–Kier alpha value is -2.18. The predicted molar refractivity (Wildman–Crippen MR) is 117 cm³/mol. The molecule has 1 N–H and O–H groups in total. The first-order chi connectivity index (χ1) is 13.7. The molecule has 0 fully saturated rings. The summed E-state index contributed by atoms with van der Waals surface area (Å²) in [7, 11) is -3.53. The van der Waals surface area contributed by atoms with Crippen LogP contribution in [-0.4, -0.2) is 31.7 Å². The number of nitrogens with zero attached hydrogens (tertiary/aromatic N) is 1. The van der Waals surface area contributed by atoms with Gasteiger partial charge in [0.1, 0.15) is 0 Å². The Morgan fingerprint density at radius 2 is 1.48 bits per heavy atom. The summed E-state index contributed by atoms with van der Waals surface area (Å²) in [6, 6.07) is 14.3. The number of amides is 1. The van der Waals surface area contributed by atoms with Crippen molar-refractivity contribution in [1.29, 1.82) is 0 Å². The van der Waals surface area contributed by atoms with Gasteiger partial charge in [0.05, 0.1) is 10.9 Å². The fraction of sp³-hybridized carbons (Fsp3) is 0.435. The monoisotopic (exact) mass is 416 g/mol. The number of carbonyl (C=O) groups is 1. The van der Waals surface area contributed by atoms with Gasteiger partial charge >= 0.3 is 0 Å². The topological polar surface area (TPSA) is 66.5 Å². The van der Waals surface area contributed by atoms with Crippen molar-refractivity contribution in [3.8, 4) is 0 Å². The fourth-order valence-electron chi connectivity index (χ4n) is 3.31. The predicted octanol–water partition coefficient (Wildman–Crippen LogP) is 4.41.